The van der Waals surface area contributed by atoms with E-state index >= 15 is 0 Å². The molecule has 4 aliphatic carbocycles. The summed E-state index contributed by atoms with van der Waals surface area (Å²) in [5.41, 5.74) is 3.11. The van der Waals surface area contributed by atoms with Crippen molar-refractivity contribution in [1.82, 2.24) is 10.8 Å². The van der Waals surface area contributed by atoms with Crippen LogP contribution < -0.4 is 10.8 Å². The Morgan fingerprint density at radius 3 is 2.00 bits per heavy atom. The number of nitrogens with one attached hydrogen (secondary N) is 2. The number of hydrogen-bond acceptors (Lipinski definition) is 12. The second-order valence-electron chi connectivity index (χ2n) is 14.0. The summed E-state index contributed by atoms with van der Waals surface area (Å²) in [6.07, 6.45) is 7.90. The zero-order valence-corrected chi connectivity index (χ0v) is 28.5. The van der Waals surface area contributed by atoms with E-state index in [4.69, 9.17) is 19.7 Å². The van der Waals surface area contributed by atoms with Crippen LogP contribution in [-0.2, 0) is 48.5 Å². The van der Waals surface area contributed by atoms with E-state index in [1.165, 1.54) is 14.2 Å². The zero-order valence-electron chi connectivity index (χ0n) is 27.7. The summed E-state index contributed by atoms with van der Waals surface area (Å²) in [6.45, 7) is 0.831. The maximum Gasteiger partial charge on any atom is 0.308 e. The summed E-state index contributed by atoms with van der Waals surface area (Å²) in [7, 11) is -0.554. The molecule has 0 radical (unpaired) electrons. The maximum absolute atomic E-state index is 13.6. The smallest absolute Gasteiger partial charge is 0.308 e. The first-order valence-corrected chi connectivity index (χ1v) is 18.8. The standard InChI is InChI=1S/C32H54N2O12S/c1-42-32(38)21-4-5-22(19-45-39)23(16-21)18-44-34-25-8-12-27(13-9-25)47(40,41)26-10-6-24(7-11-26)33-30(35)29-15-20(17-46-43-2)3-14-28(29)31(36)37/h20-29,34,39H,3-19H2,1-2H3,(H,33,35)(H,36,37). The molecule has 270 valence electrons. The molecule has 0 aliphatic heterocycles. The van der Waals surface area contributed by atoms with Crippen LogP contribution in [0.15, 0.2) is 0 Å². The van der Waals surface area contributed by atoms with Crippen molar-refractivity contribution in [3.05, 3.63) is 0 Å². The highest BCUT2D eigenvalue weighted by molar-refractivity contribution is 7.92. The van der Waals surface area contributed by atoms with Crippen molar-refractivity contribution in [3.8, 4) is 0 Å². The van der Waals surface area contributed by atoms with Crippen molar-refractivity contribution in [2.24, 2.45) is 35.5 Å². The molecule has 4 saturated carbocycles. The number of methoxy groups -OCH3 is 1. The monoisotopic (exact) mass is 690 g/mol. The van der Waals surface area contributed by atoms with Crippen LogP contribution in [-0.4, -0.2) is 93.3 Å². The van der Waals surface area contributed by atoms with E-state index in [-0.39, 0.29) is 54.2 Å². The second kappa shape index (κ2) is 18.2. The van der Waals surface area contributed by atoms with Gasteiger partial charge in [0.25, 0.3) is 0 Å². The summed E-state index contributed by atoms with van der Waals surface area (Å²) in [5.74, 6) is -2.97. The molecular weight excluding hydrogens is 636 g/mol. The second-order valence-corrected chi connectivity index (χ2v) is 16.5. The molecule has 4 aliphatic rings. The molecule has 4 fully saturated rings. The minimum absolute atomic E-state index is 0.0119. The Hall–Kier alpha value is -1.88. The largest absolute Gasteiger partial charge is 0.481 e. The summed E-state index contributed by atoms with van der Waals surface area (Å²) >= 11 is 0. The number of rotatable bonds is 15. The number of esters is 1. The van der Waals surface area contributed by atoms with Crippen LogP contribution in [0.5, 0.6) is 0 Å². The van der Waals surface area contributed by atoms with E-state index in [0.717, 1.165) is 6.42 Å². The Labute approximate surface area is 277 Å². The lowest BCUT2D eigenvalue weighted by atomic mass is 9.73. The number of hydroxylamine groups is 1. The highest BCUT2D eigenvalue weighted by atomic mass is 32.2. The Balaban J connectivity index is 1.19. The Morgan fingerprint density at radius 2 is 1.40 bits per heavy atom. The third-order valence-electron chi connectivity index (χ3n) is 11.2. The van der Waals surface area contributed by atoms with Crippen LogP contribution in [0.4, 0.5) is 0 Å². The minimum atomic E-state index is -3.35. The number of aliphatic carboxylic acids is 1. The number of carbonyl (C=O) groups excluding carboxylic acids is 2. The lowest BCUT2D eigenvalue weighted by Gasteiger charge is -2.36. The Morgan fingerprint density at radius 1 is 0.745 bits per heavy atom. The van der Waals surface area contributed by atoms with Gasteiger partial charge in [0.1, 0.15) is 0 Å². The molecule has 15 heteroatoms. The third kappa shape index (κ3) is 10.3. The summed E-state index contributed by atoms with van der Waals surface area (Å²) < 4.78 is 32.1. The van der Waals surface area contributed by atoms with Gasteiger partial charge in [-0.1, -0.05) is 0 Å². The average Bonchev–Trinajstić information content (AvgIpc) is 3.08. The van der Waals surface area contributed by atoms with Gasteiger partial charge in [0.05, 0.1) is 62.3 Å². The molecule has 0 bridgehead atoms. The predicted molar refractivity (Wildman–Crippen MR) is 168 cm³/mol. The topological polar surface area (TPSA) is 196 Å². The van der Waals surface area contributed by atoms with E-state index in [0.29, 0.717) is 96.7 Å². The van der Waals surface area contributed by atoms with E-state index in [1.807, 2.05) is 0 Å². The fourth-order valence-electron chi connectivity index (χ4n) is 8.28. The fraction of sp³-hybridized carbons (Fsp3) is 0.906. The number of ether oxygens (including phenoxy) is 1. The van der Waals surface area contributed by atoms with Crippen molar-refractivity contribution in [2.45, 2.75) is 112 Å². The van der Waals surface area contributed by atoms with Crippen LogP contribution in [0.25, 0.3) is 0 Å². The van der Waals surface area contributed by atoms with Crippen LogP contribution in [0.2, 0.25) is 0 Å². The van der Waals surface area contributed by atoms with Gasteiger partial charge >= 0.3 is 11.9 Å². The van der Waals surface area contributed by atoms with Crippen LogP contribution in [0.1, 0.15) is 89.9 Å². The summed E-state index contributed by atoms with van der Waals surface area (Å²) in [6, 6.07) is -0.151. The molecule has 14 nitrogen and oxygen atoms in total. The third-order valence-corrected chi connectivity index (χ3v) is 14.0. The molecule has 1 amide bonds. The number of carboxylic acids is 1. The molecule has 0 saturated heterocycles. The molecule has 0 aromatic heterocycles. The van der Waals surface area contributed by atoms with Gasteiger partial charge in [0, 0.05) is 12.1 Å². The average molecular weight is 691 g/mol. The zero-order chi connectivity index (χ0) is 34.0. The van der Waals surface area contributed by atoms with Gasteiger partial charge in [-0.05, 0) is 108 Å². The van der Waals surface area contributed by atoms with Crippen LogP contribution >= 0.6 is 0 Å². The molecule has 6 atom stereocenters. The van der Waals surface area contributed by atoms with Crippen molar-refractivity contribution >= 4 is 27.7 Å². The number of amides is 1. The Bertz CT molecular complexity index is 1120. The molecular formula is C32H54N2O12S. The quantitative estimate of drug-likeness (QED) is 0.111. The number of carbonyl (C=O) groups is 3. The van der Waals surface area contributed by atoms with Gasteiger partial charge in [-0.15, -0.1) is 0 Å². The van der Waals surface area contributed by atoms with Crippen molar-refractivity contribution in [2.75, 3.05) is 34.0 Å². The number of carboxylic acid groups (broad SMARTS) is 1. The van der Waals surface area contributed by atoms with Gasteiger partial charge in [-0.2, -0.15) is 5.48 Å². The number of hydrogen-bond donors (Lipinski definition) is 4. The lowest BCUT2D eigenvalue weighted by Crippen LogP contribution is -2.48. The molecule has 0 aromatic rings. The SMILES string of the molecule is COOCC1CCC(C(=O)O)C(C(=O)NC2CCC(S(=O)(=O)C3CCC(NOCC4CC(C(=O)OC)CCC4COO)CC3)CC2)C1. The number of sulfone groups is 1. The molecule has 47 heavy (non-hydrogen) atoms. The lowest BCUT2D eigenvalue weighted by molar-refractivity contribution is -0.281. The van der Waals surface area contributed by atoms with Crippen molar-refractivity contribution in [3.63, 3.8) is 0 Å². The van der Waals surface area contributed by atoms with Crippen LogP contribution in [0.3, 0.4) is 0 Å². The first-order chi connectivity index (χ1) is 22.6. The molecule has 0 aromatic carbocycles. The minimum Gasteiger partial charge on any atom is -0.481 e. The van der Waals surface area contributed by atoms with Crippen molar-refractivity contribution in [1.29, 1.82) is 0 Å². The van der Waals surface area contributed by atoms with Gasteiger partial charge in [-0.3, -0.25) is 19.6 Å². The van der Waals surface area contributed by atoms with Gasteiger partial charge in [-0.25, -0.2) is 23.1 Å². The molecule has 0 spiro atoms. The maximum atomic E-state index is 13.6. The van der Waals surface area contributed by atoms with Gasteiger partial charge in [0.2, 0.25) is 5.91 Å². The first-order valence-electron chi connectivity index (χ1n) is 17.2. The Kier molecular flexibility index (Phi) is 14.7. The van der Waals surface area contributed by atoms with E-state index in [2.05, 4.69) is 20.6 Å². The molecule has 4 rings (SSSR count). The summed E-state index contributed by atoms with van der Waals surface area (Å²) in [5, 5.41) is 20.9. The van der Waals surface area contributed by atoms with Gasteiger partial charge in [0.15, 0.2) is 9.84 Å². The first kappa shape index (κ1) is 37.9. The van der Waals surface area contributed by atoms with E-state index < -0.39 is 38.1 Å². The van der Waals surface area contributed by atoms with Crippen molar-refractivity contribution < 1.29 is 57.4 Å². The normalized spacial score (nSPS) is 35.1. The highest BCUT2D eigenvalue weighted by Gasteiger charge is 2.42. The molecule has 0 heterocycles. The predicted octanol–water partition coefficient (Wildman–Crippen LogP) is 3.05. The summed E-state index contributed by atoms with van der Waals surface area (Å²) in [4.78, 5) is 57.1. The van der Waals surface area contributed by atoms with Crippen LogP contribution in [0, 0.1) is 35.5 Å². The highest BCUT2D eigenvalue weighted by Crippen LogP contribution is 2.37. The fourth-order valence-corrected chi connectivity index (χ4v) is 10.7. The van der Waals surface area contributed by atoms with E-state index in [9.17, 15) is 27.9 Å². The molecule has 4 N–H and O–H groups in total. The van der Waals surface area contributed by atoms with Gasteiger partial charge < -0.3 is 20.0 Å². The van der Waals surface area contributed by atoms with E-state index in [1.54, 1.807) is 0 Å². The molecule has 6 unspecified atom stereocenters.